The van der Waals surface area contributed by atoms with Crippen LogP contribution in [0.1, 0.15) is 13.3 Å². The molecule has 0 bridgehead atoms. The number of carbonyl (C=O) groups excluding carboxylic acids is 2. The molecule has 2 atom stereocenters. The maximum absolute atomic E-state index is 11.6. The lowest BCUT2D eigenvalue weighted by molar-refractivity contribution is -0.140. The lowest BCUT2D eigenvalue weighted by atomic mass is 10.1. The van der Waals surface area contributed by atoms with Gasteiger partial charge in [0.2, 0.25) is 11.8 Å². The summed E-state index contributed by atoms with van der Waals surface area (Å²) in [5.74, 6) is -0.638. The number of aliphatic hydroxyl groups excluding tert-OH is 1. The number of methoxy groups -OCH3 is 1. The van der Waals surface area contributed by atoms with Gasteiger partial charge in [-0.3, -0.25) is 14.5 Å². The number of nitrogens with one attached hydrogen (secondary N) is 1. The third-order valence-electron chi connectivity index (χ3n) is 2.73. The number of amides is 2. The zero-order chi connectivity index (χ0) is 12.8. The Morgan fingerprint density at radius 2 is 2.29 bits per heavy atom. The van der Waals surface area contributed by atoms with Crippen molar-refractivity contribution in [2.75, 3.05) is 33.4 Å². The molecule has 1 aliphatic rings. The van der Waals surface area contributed by atoms with E-state index in [1.54, 1.807) is 14.0 Å². The Morgan fingerprint density at radius 3 is 2.82 bits per heavy atom. The summed E-state index contributed by atoms with van der Waals surface area (Å²) in [5, 5.41) is 12.7. The molecule has 0 aromatic heterocycles. The molecule has 0 aliphatic carbocycles. The molecule has 2 amide bonds. The first kappa shape index (κ1) is 14.1. The number of ether oxygens (including phenoxy) is 1. The van der Waals surface area contributed by atoms with E-state index in [1.807, 2.05) is 0 Å². The molecule has 0 saturated carbocycles. The number of rotatable bonds is 7. The van der Waals surface area contributed by atoms with Gasteiger partial charge in [0.25, 0.3) is 0 Å². The average molecular weight is 244 g/mol. The molecule has 0 aromatic rings. The maximum atomic E-state index is 11.6. The predicted octanol–water partition coefficient (Wildman–Crippen LogP) is -1.02. The maximum Gasteiger partial charge on any atom is 0.232 e. The SMILES string of the molecule is COCCNCC(O)CN1C(=O)CC(C)C1=O. The summed E-state index contributed by atoms with van der Waals surface area (Å²) in [6, 6.07) is 0. The van der Waals surface area contributed by atoms with Crippen molar-refractivity contribution in [1.82, 2.24) is 10.2 Å². The van der Waals surface area contributed by atoms with Gasteiger partial charge in [-0.1, -0.05) is 6.92 Å². The number of hydrogen-bond acceptors (Lipinski definition) is 5. The molecule has 1 saturated heterocycles. The van der Waals surface area contributed by atoms with Crippen molar-refractivity contribution in [3.8, 4) is 0 Å². The quantitative estimate of drug-likeness (QED) is 0.442. The molecule has 0 spiro atoms. The molecule has 2 N–H and O–H groups in total. The van der Waals surface area contributed by atoms with Crippen LogP contribution in [0.25, 0.3) is 0 Å². The Balaban J connectivity index is 2.28. The minimum absolute atomic E-state index is 0.0714. The van der Waals surface area contributed by atoms with Crippen LogP contribution < -0.4 is 5.32 Å². The van der Waals surface area contributed by atoms with Crippen molar-refractivity contribution in [3.63, 3.8) is 0 Å². The average Bonchev–Trinajstić information content (AvgIpc) is 2.52. The van der Waals surface area contributed by atoms with Crippen LogP contribution in [-0.4, -0.2) is 61.3 Å². The first-order valence-electron chi connectivity index (χ1n) is 5.78. The summed E-state index contributed by atoms with van der Waals surface area (Å²) in [6.45, 7) is 3.33. The van der Waals surface area contributed by atoms with E-state index >= 15 is 0 Å². The zero-order valence-electron chi connectivity index (χ0n) is 10.3. The molecule has 98 valence electrons. The second kappa shape index (κ2) is 6.68. The van der Waals surface area contributed by atoms with E-state index in [4.69, 9.17) is 4.74 Å². The molecule has 1 rings (SSSR count). The molecular weight excluding hydrogens is 224 g/mol. The van der Waals surface area contributed by atoms with Crippen molar-refractivity contribution < 1.29 is 19.4 Å². The molecule has 1 fully saturated rings. The molecule has 17 heavy (non-hydrogen) atoms. The van der Waals surface area contributed by atoms with Crippen LogP contribution in [0.15, 0.2) is 0 Å². The second-order valence-corrected chi connectivity index (χ2v) is 4.30. The van der Waals surface area contributed by atoms with Crippen molar-refractivity contribution in [1.29, 1.82) is 0 Å². The normalized spacial score (nSPS) is 22.3. The fourth-order valence-corrected chi connectivity index (χ4v) is 1.76. The summed E-state index contributed by atoms with van der Waals surface area (Å²) < 4.78 is 4.84. The predicted molar refractivity (Wildman–Crippen MR) is 61.3 cm³/mol. The van der Waals surface area contributed by atoms with Crippen LogP contribution in [0.4, 0.5) is 0 Å². The third kappa shape index (κ3) is 4.07. The lowest BCUT2D eigenvalue weighted by Gasteiger charge is -2.19. The number of imide groups is 1. The van der Waals surface area contributed by atoms with E-state index in [0.29, 0.717) is 19.7 Å². The van der Waals surface area contributed by atoms with E-state index in [0.717, 1.165) is 4.90 Å². The lowest BCUT2D eigenvalue weighted by Crippen LogP contribution is -2.41. The topological polar surface area (TPSA) is 78.9 Å². The fraction of sp³-hybridized carbons (Fsp3) is 0.818. The van der Waals surface area contributed by atoms with Gasteiger partial charge in [0.05, 0.1) is 19.3 Å². The van der Waals surface area contributed by atoms with Crippen LogP contribution in [0.2, 0.25) is 0 Å². The van der Waals surface area contributed by atoms with E-state index in [-0.39, 0.29) is 30.7 Å². The number of likely N-dealkylation sites (tertiary alicyclic amines) is 1. The van der Waals surface area contributed by atoms with Crippen LogP contribution >= 0.6 is 0 Å². The van der Waals surface area contributed by atoms with Gasteiger partial charge in [-0.15, -0.1) is 0 Å². The summed E-state index contributed by atoms with van der Waals surface area (Å²) in [5.41, 5.74) is 0. The van der Waals surface area contributed by atoms with Crippen LogP contribution in [0.3, 0.4) is 0 Å². The van der Waals surface area contributed by atoms with Gasteiger partial charge >= 0.3 is 0 Å². The van der Waals surface area contributed by atoms with Gasteiger partial charge in [-0.05, 0) is 0 Å². The van der Waals surface area contributed by atoms with Crippen molar-refractivity contribution in [2.45, 2.75) is 19.4 Å². The van der Waals surface area contributed by atoms with Crippen LogP contribution in [0, 0.1) is 5.92 Å². The van der Waals surface area contributed by atoms with Crippen molar-refractivity contribution in [3.05, 3.63) is 0 Å². The highest BCUT2D eigenvalue weighted by Crippen LogP contribution is 2.18. The van der Waals surface area contributed by atoms with Crippen molar-refractivity contribution >= 4 is 11.8 Å². The Morgan fingerprint density at radius 1 is 1.59 bits per heavy atom. The number of carbonyl (C=O) groups is 2. The Hall–Kier alpha value is -0.980. The van der Waals surface area contributed by atoms with Gasteiger partial charge < -0.3 is 15.2 Å². The third-order valence-corrected chi connectivity index (χ3v) is 2.73. The van der Waals surface area contributed by atoms with Gasteiger partial charge in [0.15, 0.2) is 0 Å². The standard InChI is InChI=1S/C11H20N2O4/c1-8-5-10(15)13(11(8)16)7-9(14)6-12-3-4-17-2/h8-9,12,14H,3-7H2,1-2H3. The number of aliphatic hydroxyl groups is 1. The summed E-state index contributed by atoms with van der Waals surface area (Å²) >= 11 is 0. The van der Waals surface area contributed by atoms with Gasteiger partial charge in [-0.25, -0.2) is 0 Å². The number of hydrogen-bond donors (Lipinski definition) is 2. The molecule has 1 heterocycles. The summed E-state index contributed by atoms with van der Waals surface area (Å²) in [7, 11) is 1.60. The molecule has 0 aromatic carbocycles. The van der Waals surface area contributed by atoms with E-state index in [2.05, 4.69) is 5.32 Å². The van der Waals surface area contributed by atoms with Crippen molar-refractivity contribution in [2.24, 2.45) is 5.92 Å². The summed E-state index contributed by atoms with van der Waals surface area (Å²) in [4.78, 5) is 24.2. The molecule has 2 unspecified atom stereocenters. The first-order valence-corrected chi connectivity index (χ1v) is 5.78. The van der Waals surface area contributed by atoms with Gasteiger partial charge in [-0.2, -0.15) is 0 Å². The number of nitrogens with zero attached hydrogens (tertiary/aromatic N) is 1. The molecule has 6 heteroatoms. The minimum atomic E-state index is -0.731. The molecule has 6 nitrogen and oxygen atoms in total. The van der Waals surface area contributed by atoms with Crippen LogP contribution in [0.5, 0.6) is 0 Å². The smallest absolute Gasteiger partial charge is 0.232 e. The molecule has 0 radical (unpaired) electrons. The monoisotopic (exact) mass is 244 g/mol. The minimum Gasteiger partial charge on any atom is -0.390 e. The highest BCUT2D eigenvalue weighted by molar-refractivity contribution is 6.03. The second-order valence-electron chi connectivity index (χ2n) is 4.30. The van der Waals surface area contributed by atoms with Gasteiger partial charge in [0, 0.05) is 32.5 Å². The van der Waals surface area contributed by atoms with Crippen LogP contribution in [-0.2, 0) is 14.3 Å². The summed E-state index contributed by atoms with van der Waals surface area (Å²) in [6.07, 6.45) is -0.479. The van der Waals surface area contributed by atoms with E-state index in [9.17, 15) is 14.7 Å². The Labute approximate surface area is 101 Å². The van der Waals surface area contributed by atoms with Gasteiger partial charge in [0.1, 0.15) is 0 Å². The molecular formula is C11H20N2O4. The molecule has 1 aliphatic heterocycles. The zero-order valence-corrected chi connectivity index (χ0v) is 10.3. The Bertz CT molecular complexity index is 283. The number of β-amino-alcohol motifs (C(OH)–C–C–N with tert-alkyl or cyclic N) is 1. The first-order chi connectivity index (χ1) is 8.06. The highest BCUT2D eigenvalue weighted by Gasteiger charge is 2.36. The fourth-order valence-electron chi connectivity index (χ4n) is 1.76. The largest absolute Gasteiger partial charge is 0.390 e. The highest BCUT2D eigenvalue weighted by atomic mass is 16.5. The Kier molecular flexibility index (Phi) is 5.54. The van der Waals surface area contributed by atoms with E-state index in [1.165, 1.54) is 0 Å². The van der Waals surface area contributed by atoms with E-state index < -0.39 is 6.10 Å².